The van der Waals surface area contributed by atoms with Crippen molar-refractivity contribution in [2.24, 2.45) is 0 Å². The van der Waals surface area contributed by atoms with Crippen LogP contribution in [0.15, 0.2) is 66.4 Å². The molecule has 4 rings (SSSR count). The van der Waals surface area contributed by atoms with Gasteiger partial charge in [-0.3, -0.25) is 4.79 Å². The molecule has 1 amide bonds. The van der Waals surface area contributed by atoms with E-state index in [4.69, 9.17) is 9.90 Å². The summed E-state index contributed by atoms with van der Waals surface area (Å²) in [5.41, 5.74) is 10.9. The molecule has 0 bridgehead atoms. The molecule has 1 aliphatic rings. The number of fused-ring (bicyclic) bond motifs is 1. The first-order valence-electron chi connectivity index (χ1n) is 9.12. The van der Waals surface area contributed by atoms with E-state index in [1.165, 1.54) is 20.2 Å². The van der Waals surface area contributed by atoms with Crippen LogP contribution in [0.5, 0.6) is 0 Å². The quantitative estimate of drug-likeness (QED) is 0.386. The summed E-state index contributed by atoms with van der Waals surface area (Å²) in [6.45, 7) is 1.08. The van der Waals surface area contributed by atoms with Crippen LogP contribution in [0.3, 0.4) is 0 Å². The van der Waals surface area contributed by atoms with Gasteiger partial charge in [0.2, 0.25) is 0 Å². The monoisotopic (exact) mass is 416 g/mol. The van der Waals surface area contributed by atoms with E-state index in [1.54, 1.807) is 12.1 Å². The molecule has 30 heavy (non-hydrogen) atoms. The van der Waals surface area contributed by atoms with Crippen molar-refractivity contribution in [2.75, 3.05) is 5.43 Å². The Kier molecular flexibility index (Phi) is 7.07. The summed E-state index contributed by atoms with van der Waals surface area (Å²) >= 11 is 1.00. The van der Waals surface area contributed by atoms with Crippen molar-refractivity contribution in [1.82, 2.24) is 16.1 Å². The molecule has 0 saturated carbocycles. The van der Waals surface area contributed by atoms with Crippen LogP contribution in [0.4, 0.5) is 10.1 Å². The number of amides is 1. The van der Waals surface area contributed by atoms with E-state index >= 15 is 0 Å². The number of hydrogen-bond donors (Lipinski definition) is 4. The maximum atomic E-state index is 13.3. The van der Waals surface area contributed by atoms with Crippen molar-refractivity contribution in [1.29, 1.82) is 0 Å². The average molecular weight is 416 g/mol. The standard InChI is InChI=1S/C19H14FN4O.C2H4O2.Na/c20-16-9-8-14-10-13(6-7-15(14)12-16)11-18-19(25)23-24(22-18)21-17-4-2-1-3-5-17;1-2(3)4;/h2-12,21-22H,(H,23,25);1H3,(H,3,4);/b18-11+;;. The first kappa shape index (κ1) is 21.8. The molecule has 7 nitrogen and oxygen atoms in total. The van der Waals surface area contributed by atoms with Crippen molar-refractivity contribution in [3.8, 4) is 0 Å². The van der Waals surface area contributed by atoms with Gasteiger partial charge in [-0.05, 0) is 17.5 Å². The van der Waals surface area contributed by atoms with Crippen molar-refractivity contribution in [2.45, 2.75) is 6.92 Å². The molecule has 0 aromatic heterocycles. The van der Waals surface area contributed by atoms with Crippen LogP contribution in [0, 0.1) is 5.82 Å². The predicted molar refractivity (Wildman–Crippen MR) is 114 cm³/mol. The minimum atomic E-state index is -0.833. The van der Waals surface area contributed by atoms with Crippen molar-refractivity contribution in [3.63, 3.8) is 0 Å². The number of hydrazine groups is 3. The Bertz CT molecular complexity index is 1110. The number of carboxylic acid groups (broad SMARTS) is 1. The molecule has 0 radical (unpaired) electrons. The molecule has 3 aromatic carbocycles. The number of carboxylic acids is 1. The van der Waals surface area contributed by atoms with Crippen LogP contribution in [0.1, 0.15) is 12.5 Å². The zero-order valence-corrected chi connectivity index (χ0v) is 18.4. The number of benzene rings is 3. The molecule has 1 saturated heterocycles. The SMILES string of the molecule is CC(=O)O.O=C1NN(Nc2cc[c]([Na])cc2)N/C1=C/c1ccc2cc(F)ccc2c1. The minimum absolute atomic E-state index is 0.240. The molecule has 148 valence electrons. The number of nitrogens with one attached hydrogen (secondary N) is 3. The number of anilines is 1. The second-order valence-electron chi connectivity index (χ2n) is 6.69. The van der Waals surface area contributed by atoms with Gasteiger partial charge in [0.15, 0.2) is 0 Å². The van der Waals surface area contributed by atoms with Crippen LogP contribution in [-0.4, -0.2) is 50.1 Å². The Morgan fingerprint density at radius 2 is 1.70 bits per heavy atom. The van der Waals surface area contributed by atoms with E-state index < -0.39 is 5.97 Å². The van der Waals surface area contributed by atoms with Crippen LogP contribution in [0.2, 0.25) is 0 Å². The molecule has 9 heteroatoms. The van der Waals surface area contributed by atoms with Gasteiger partial charge in [-0.15, -0.1) is 0 Å². The summed E-state index contributed by atoms with van der Waals surface area (Å²) in [5, 5.41) is 10.6. The van der Waals surface area contributed by atoms with Crippen molar-refractivity contribution in [3.05, 3.63) is 77.7 Å². The van der Waals surface area contributed by atoms with E-state index in [-0.39, 0.29) is 11.7 Å². The van der Waals surface area contributed by atoms with Gasteiger partial charge < -0.3 is 5.11 Å². The van der Waals surface area contributed by atoms with Crippen LogP contribution in [-0.2, 0) is 9.59 Å². The second kappa shape index (κ2) is 9.73. The van der Waals surface area contributed by atoms with Gasteiger partial charge >= 0.3 is 134 Å². The number of halogens is 1. The van der Waals surface area contributed by atoms with Crippen molar-refractivity contribution < 1.29 is 19.1 Å². The van der Waals surface area contributed by atoms with E-state index in [0.717, 1.165) is 56.9 Å². The van der Waals surface area contributed by atoms with Gasteiger partial charge in [-0.1, -0.05) is 6.07 Å². The number of aliphatic carboxylic acids is 1. The zero-order valence-electron chi connectivity index (χ0n) is 16.4. The third-order valence-electron chi connectivity index (χ3n) is 4.12. The molecule has 4 N–H and O–H groups in total. The molecule has 0 unspecified atom stereocenters. The third-order valence-corrected chi connectivity index (χ3v) is 4.79. The zero-order chi connectivity index (χ0) is 21.7. The summed E-state index contributed by atoms with van der Waals surface area (Å²) in [4.78, 5) is 21.2. The van der Waals surface area contributed by atoms with Gasteiger partial charge in [0, 0.05) is 6.92 Å². The number of nitrogens with zero attached hydrogens (tertiary/aromatic N) is 1. The predicted octanol–water partition coefficient (Wildman–Crippen LogP) is 2.08. The van der Waals surface area contributed by atoms with Gasteiger partial charge in [0.05, 0.1) is 0 Å². The summed E-state index contributed by atoms with van der Waals surface area (Å²) in [7, 11) is 0. The van der Waals surface area contributed by atoms with Crippen LogP contribution in [0.25, 0.3) is 16.8 Å². The topological polar surface area (TPSA) is 93.7 Å². The molecule has 0 aliphatic carbocycles. The fraction of sp³-hybridized carbons (Fsp3) is 0.0476. The molecule has 0 atom stereocenters. The number of carbonyl (C=O) groups is 2. The maximum absolute atomic E-state index is 13.3. The molecular weight excluding hydrogens is 398 g/mol. The molecule has 0 spiro atoms. The fourth-order valence-electron chi connectivity index (χ4n) is 2.76. The molecule has 1 heterocycles. The van der Waals surface area contributed by atoms with Crippen molar-refractivity contribution >= 4 is 65.2 Å². The Labute approximate surface area is 189 Å². The molecule has 1 aliphatic heterocycles. The van der Waals surface area contributed by atoms with Gasteiger partial charge in [0.1, 0.15) is 5.82 Å². The average Bonchev–Trinajstić information content (AvgIpc) is 3.02. The summed E-state index contributed by atoms with van der Waals surface area (Å²) in [6.07, 6.45) is 1.75. The normalized spacial score (nSPS) is 14.7. The number of rotatable bonds is 3. The van der Waals surface area contributed by atoms with Gasteiger partial charge in [-0.25, -0.2) is 4.39 Å². The summed E-state index contributed by atoms with van der Waals surface area (Å²) in [6, 6.07) is 18.2. The second-order valence-corrected chi connectivity index (χ2v) is 7.85. The fourth-order valence-corrected chi connectivity index (χ4v) is 3.10. The molecular formula is C21H18FN4NaO3. The third kappa shape index (κ3) is 6.04. The summed E-state index contributed by atoms with van der Waals surface area (Å²) < 4.78 is 14.6. The Balaban J connectivity index is 0.000000589. The Morgan fingerprint density at radius 3 is 2.40 bits per heavy atom. The molecule has 3 aromatic rings. The first-order valence-corrected chi connectivity index (χ1v) is 10.1. The van der Waals surface area contributed by atoms with Crippen LogP contribution >= 0.6 is 0 Å². The van der Waals surface area contributed by atoms with E-state index in [1.807, 2.05) is 42.5 Å². The van der Waals surface area contributed by atoms with Gasteiger partial charge in [0.25, 0.3) is 5.97 Å². The number of carbonyl (C=O) groups excluding carboxylic acids is 1. The molecule has 1 fully saturated rings. The van der Waals surface area contributed by atoms with E-state index in [0.29, 0.717) is 5.70 Å². The van der Waals surface area contributed by atoms with E-state index in [2.05, 4.69) is 16.3 Å². The number of hydrogen-bond acceptors (Lipinski definition) is 5. The Hall–Kier alpha value is -2.91. The summed E-state index contributed by atoms with van der Waals surface area (Å²) in [5.74, 6) is -1.34. The van der Waals surface area contributed by atoms with E-state index in [9.17, 15) is 9.18 Å². The Morgan fingerprint density at radius 1 is 1.07 bits per heavy atom. The van der Waals surface area contributed by atoms with Crippen LogP contribution < -0.4 is 19.1 Å². The van der Waals surface area contributed by atoms with Gasteiger partial charge in [-0.2, -0.15) is 0 Å². The first-order chi connectivity index (χ1) is 14.3.